The minimum atomic E-state index is 0.00286. The molecule has 8 nitrogen and oxygen atoms in total. The van der Waals surface area contributed by atoms with E-state index in [1.807, 2.05) is 49.5 Å². The Bertz CT molecular complexity index is 1050. The average molecular weight is 405 g/mol. The quantitative estimate of drug-likeness (QED) is 0.617. The molecule has 2 aliphatic heterocycles. The summed E-state index contributed by atoms with van der Waals surface area (Å²) in [5.41, 5.74) is 1.63. The Morgan fingerprint density at radius 1 is 0.967 bits per heavy atom. The van der Waals surface area contributed by atoms with E-state index < -0.39 is 0 Å². The lowest BCUT2D eigenvalue weighted by Crippen LogP contribution is -2.37. The zero-order valence-electron chi connectivity index (χ0n) is 16.8. The number of carbonyl (C=O) groups is 1. The Morgan fingerprint density at radius 3 is 2.40 bits per heavy atom. The number of nitrogens with zero attached hydrogens (tertiary/aromatic N) is 5. The van der Waals surface area contributed by atoms with E-state index in [4.69, 9.17) is 9.47 Å². The van der Waals surface area contributed by atoms with Gasteiger partial charge in [-0.15, -0.1) is 10.2 Å². The maximum atomic E-state index is 13.0. The fourth-order valence-electron chi connectivity index (χ4n) is 3.95. The third-order valence-electron chi connectivity index (χ3n) is 5.61. The van der Waals surface area contributed by atoms with Gasteiger partial charge in [-0.3, -0.25) is 4.79 Å². The predicted octanol–water partition coefficient (Wildman–Crippen LogP) is 2.84. The van der Waals surface area contributed by atoms with Crippen LogP contribution in [0, 0.1) is 12.8 Å². The first-order valence-corrected chi connectivity index (χ1v) is 10.2. The number of carbonyl (C=O) groups excluding carboxylic acids is 1. The lowest BCUT2D eigenvalue weighted by molar-refractivity contribution is 0.0899. The van der Waals surface area contributed by atoms with Gasteiger partial charge in [0.2, 0.25) is 0 Å². The molecule has 3 aromatic rings. The highest BCUT2D eigenvalue weighted by molar-refractivity contribution is 5.98. The van der Waals surface area contributed by atoms with Gasteiger partial charge in [-0.2, -0.15) is 5.10 Å². The van der Waals surface area contributed by atoms with Gasteiger partial charge < -0.3 is 14.4 Å². The van der Waals surface area contributed by atoms with Crippen LogP contribution < -0.4 is 14.4 Å². The van der Waals surface area contributed by atoms with Crippen molar-refractivity contribution >= 4 is 11.6 Å². The van der Waals surface area contributed by atoms with Crippen molar-refractivity contribution in [1.82, 2.24) is 20.0 Å². The summed E-state index contributed by atoms with van der Waals surface area (Å²) in [6.07, 6.45) is 3.44. The number of benzene rings is 1. The van der Waals surface area contributed by atoms with Gasteiger partial charge in [-0.25, -0.2) is 4.68 Å². The first-order chi connectivity index (χ1) is 14.7. The SMILES string of the molecule is Cc1ccn(-c2ccc(N3CCC(C(=O)c4ccc5c(c4)OCCO5)CC3)nn2)n1. The van der Waals surface area contributed by atoms with Crippen LogP contribution in [-0.4, -0.2) is 52.1 Å². The van der Waals surface area contributed by atoms with Crippen molar-refractivity contribution in [1.29, 1.82) is 0 Å². The first kappa shape index (κ1) is 18.6. The van der Waals surface area contributed by atoms with Crippen LogP contribution in [-0.2, 0) is 0 Å². The molecule has 0 unspecified atom stereocenters. The fraction of sp³-hybridized carbons (Fsp3) is 0.364. The molecule has 0 saturated carbocycles. The summed E-state index contributed by atoms with van der Waals surface area (Å²) < 4.78 is 12.9. The standard InChI is InChI=1S/C22H23N5O3/c1-15-6-11-27(25-15)21-5-4-20(23-24-21)26-9-7-16(8-10-26)22(28)17-2-3-18-19(14-17)30-13-12-29-18/h2-6,11,14,16H,7-10,12-13H2,1H3. The maximum absolute atomic E-state index is 13.0. The monoisotopic (exact) mass is 405 g/mol. The van der Waals surface area contributed by atoms with Gasteiger partial charge >= 0.3 is 0 Å². The van der Waals surface area contributed by atoms with E-state index >= 15 is 0 Å². The number of fused-ring (bicyclic) bond motifs is 1. The van der Waals surface area contributed by atoms with Gasteiger partial charge in [0.15, 0.2) is 28.9 Å². The largest absolute Gasteiger partial charge is 0.486 e. The Hall–Kier alpha value is -3.42. The van der Waals surface area contributed by atoms with Crippen molar-refractivity contribution < 1.29 is 14.3 Å². The third-order valence-corrected chi connectivity index (χ3v) is 5.61. The third kappa shape index (κ3) is 3.60. The maximum Gasteiger partial charge on any atom is 0.175 e. The highest BCUT2D eigenvalue weighted by Gasteiger charge is 2.27. The normalized spacial score (nSPS) is 16.5. The molecule has 0 amide bonds. The molecule has 0 bridgehead atoms. The molecular formula is C22H23N5O3. The van der Waals surface area contributed by atoms with Crippen LogP contribution in [0.1, 0.15) is 28.9 Å². The van der Waals surface area contributed by atoms with Gasteiger partial charge in [-0.1, -0.05) is 0 Å². The zero-order chi connectivity index (χ0) is 20.5. The number of rotatable bonds is 4. The fourth-order valence-corrected chi connectivity index (χ4v) is 3.95. The van der Waals surface area contributed by atoms with E-state index in [1.54, 1.807) is 4.68 Å². The minimum Gasteiger partial charge on any atom is -0.486 e. The topological polar surface area (TPSA) is 82.4 Å². The summed E-state index contributed by atoms with van der Waals surface area (Å²) in [7, 11) is 0. The highest BCUT2D eigenvalue weighted by atomic mass is 16.6. The van der Waals surface area contributed by atoms with Crippen LogP contribution in [0.25, 0.3) is 5.82 Å². The number of Topliss-reactive ketones (excluding diaryl/α,β-unsaturated/α-hetero) is 1. The summed E-state index contributed by atoms with van der Waals surface area (Å²) in [5.74, 6) is 3.06. The van der Waals surface area contributed by atoms with Gasteiger partial charge in [-0.05, 0) is 56.2 Å². The molecular weight excluding hydrogens is 382 g/mol. The Morgan fingerprint density at radius 2 is 1.70 bits per heavy atom. The molecule has 1 aromatic carbocycles. The summed E-state index contributed by atoms with van der Waals surface area (Å²) in [5, 5.41) is 13.0. The molecule has 0 N–H and O–H groups in total. The molecule has 1 fully saturated rings. The molecule has 8 heteroatoms. The van der Waals surface area contributed by atoms with Gasteiger partial charge in [0.25, 0.3) is 0 Å². The average Bonchev–Trinajstić information content (AvgIpc) is 3.25. The molecule has 0 atom stereocenters. The molecule has 30 heavy (non-hydrogen) atoms. The summed E-state index contributed by atoms with van der Waals surface area (Å²) in [6.45, 7) is 4.55. The lowest BCUT2D eigenvalue weighted by atomic mass is 9.88. The molecule has 5 rings (SSSR count). The zero-order valence-corrected chi connectivity index (χ0v) is 16.8. The molecule has 0 radical (unpaired) electrons. The van der Waals surface area contributed by atoms with Gasteiger partial charge in [0.05, 0.1) is 5.69 Å². The van der Waals surface area contributed by atoms with Gasteiger partial charge in [0.1, 0.15) is 13.2 Å². The van der Waals surface area contributed by atoms with E-state index in [0.29, 0.717) is 36.1 Å². The molecule has 0 aliphatic carbocycles. The second kappa shape index (κ2) is 7.78. The summed E-state index contributed by atoms with van der Waals surface area (Å²) in [4.78, 5) is 15.2. The Labute approximate surface area is 174 Å². The Balaban J connectivity index is 1.22. The van der Waals surface area contributed by atoms with Crippen LogP contribution in [0.2, 0.25) is 0 Å². The number of anilines is 1. The minimum absolute atomic E-state index is 0.00286. The molecule has 4 heterocycles. The summed E-state index contributed by atoms with van der Waals surface area (Å²) in [6, 6.07) is 11.3. The second-order valence-corrected chi connectivity index (χ2v) is 7.64. The van der Waals surface area contributed by atoms with E-state index in [-0.39, 0.29) is 11.7 Å². The summed E-state index contributed by atoms with van der Waals surface area (Å²) >= 11 is 0. The number of ketones is 1. The predicted molar refractivity (Wildman–Crippen MR) is 111 cm³/mol. The van der Waals surface area contributed by atoms with Gasteiger partial charge in [0, 0.05) is 30.8 Å². The number of aromatic nitrogens is 4. The van der Waals surface area contributed by atoms with Crippen molar-refractivity contribution in [3.63, 3.8) is 0 Å². The lowest BCUT2D eigenvalue weighted by Gasteiger charge is -2.32. The molecule has 154 valence electrons. The Kier molecular flexibility index (Phi) is 4.82. The van der Waals surface area contributed by atoms with Crippen LogP contribution in [0.15, 0.2) is 42.6 Å². The number of piperidine rings is 1. The van der Waals surface area contributed by atoms with Crippen LogP contribution in [0.5, 0.6) is 11.5 Å². The van der Waals surface area contributed by atoms with E-state index in [1.165, 1.54) is 0 Å². The number of aryl methyl sites for hydroxylation is 1. The van der Waals surface area contributed by atoms with Crippen molar-refractivity contribution in [3.05, 3.63) is 53.9 Å². The number of ether oxygens (including phenoxy) is 2. The van der Waals surface area contributed by atoms with E-state index in [0.717, 1.165) is 37.4 Å². The molecule has 0 spiro atoms. The van der Waals surface area contributed by atoms with Crippen LogP contribution >= 0.6 is 0 Å². The first-order valence-electron chi connectivity index (χ1n) is 10.2. The highest BCUT2D eigenvalue weighted by Crippen LogP contribution is 2.33. The molecule has 1 saturated heterocycles. The van der Waals surface area contributed by atoms with Crippen molar-refractivity contribution in [3.8, 4) is 17.3 Å². The molecule has 2 aliphatic rings. The van der Waals surface area contributed by atoms with E-state index in [9.17, 15) is 4.79 Å². The van der Waals surface area contributed by atoms with Crippen molar-refractivity contribution in [2.75, 3.05) is 31.2 Å². The number of hydrogen-bond acceptors (Lipinski definition) is 7. The van der Waals surface area contributed by atoms with Crippen molar-refractivity contribution in [2.45, 2.75) is 19.8 Å². The van der Waals surface area contributed by atoms with E-state index in [2.05, 4.69) is 20.2 Å². The van der Waals surface area contributed by atoms with Crippen molar-refractivity contribution in [2.24, 2.45) is 5.92 Å². The second-order valence-electron chi connectivity index (χ2n) is 7.64. The molecule has 2 aromatic heterocycles. The smallest absolute Gasteiger partial charge is 0.175 e. The number of hydrogen-bond donors (Lipinski definition) is 0. The van der Waals surface area contributed by atoms with Crippen LogP contribution in [0.3, 0.4) is 0 Å². The van der Waals surface area contributed by atoms with Crippen LogP contribution in [0.4, 0.5) is 5.82 Å².